The molecule has 3 N–H and O–H groups in total. The van der Waals surface area contributed by atoms with Crippen LogP contribution in [0.4, 0.5) is 10.2 Å². The first-order valence-electron chi connectivity index (χ1n) is 10.3. The first kappa shape index (κ1) is 22.7. The summed E-state index contributed by atoms with van der Waals surface area (Å²) >= 11 is 0. The lowest BCUT2D eigenvalue weighted by atomic mass is 10.1. The molecule has 0 atom stereocenters. The molecule has 0 aliphatic carbocycles. The molecule has 4 rings (SSSR count). The minimum absolute atomic E-state index is 0.294. The van der Waals surface area contributed by atoms with Crippen molar-refractivity contribution in [1.29, 1.82) is 0 Å². The number of pyridine rings is 1. The Morgan fingerprint density at radius 2 is 1.79 bits per heavy atom. The molecule has 0 radical (unpaired) electrons. The molecule has 3 heterocycles. The van der Waals surface area contributed by atoms with E-state index in [0.29, 0.717) is 48.9 Å². The van der Waals surface area contributed by atoms with E-state index < -0.39 is 15.9 Å². The van der Waals surface area contributed by atoms with Crippen molar-refractivity contribution < 1.29 is 17.6 Å². The molecule has 1 aromatic carbocycles. The molecule has 0 bridgehead atoms. The number of benzene rings is 1. The van der Waals surface area contributed by atoms with Crippen molar-refractivity contribution in [2.45, 2.75) is 0 Å². The van der Waals surface area contributed by atoms with Gasteiger partial charge in [-0.05, 0) is 42.0 Å². The Morgan fingerprint density at radius 3 is 2.42 bits per heavy atom. The molecule has 33 heavy (non-hydrogen) atoms. The Balaban J connectivity index is 1.58. The van der Waals surface area contributed by atoms with Gasteiger partial charge >= 0.3 is 0 Å². The molecule has 1 amide bonds. The quantitative estimate of drug-likeness (QED) is 0.576. The van der Waals surface area contributed by atoms with Gasteiger partial charge in [0.1, 0.15) is 11.6 Å². The Labute approximate surface area is 191 Å². The molecule has 1 aliphatic heterocycles. The van der Waals surface area contributed by atoms with Crippen molar-refractivity contribution in [3.05, 3.63) is 71.3 Å². The molecule has 0 saturated carbocycles. The number of piperazine rings is 1. The van der Waals surface area contributed by atoms with Crippen molar-refractivity contribution in [2.75, 3.05) is 37.3 Å². The van der Waals surface area contributed by atoms with Crippen LogP contribution in [0.15, 0.2) is 48.7 Å². The van der Waals surface area contributed by atoms with Crippen LogP contribution in [-0.2, 0) is 10.0 Å². The van der Waals surface area contributed by atoms with E-state index in [-0.39, 0.29) is 5.82 Å². The van der Waals surface area contributed by atoms with Crippen molar-refractivity contribution in [1.82, 2.24) is 14.3 Å². The van der Waals surface area contributed by atoms with Gasteiger partial charge < -0.3 is 15.6 Å². The van der Waals surface area contributed by atoms with Gasteiger partial charge in [-0.2, -0.15) is 4.31 Å². The highest BCUT2D eigenvalue weighted by molar-refractivity contribution is 7.88. The summed E-state index contributed by atoms with van der Waals surface area (Å²) in [4.78, 5) is 21.7. The third-order valence-corrected chi connectivity index (χ3v) is 6.80. The van der Waals surface area contributed by atoms with Gasteiger partial charge in [-0.25, -0.2) is 12.8 Å². The van der Waals surface area contributed by atoms with Gasteiger partial charge in [-0.3, -0.25) is 9.78 Å². The van der Waals surface area contributed by atoms with Crippen LogP contribution in [0.25, 0.3) is 23.4 Å². The number of hydrogen-bond donors (Lipinski definition) is 2. The van der Waals surface area contributed by atoms with Gasteiger partial charge in [0.25, 0.3) is 5.91 Å². The van der Waals surface area contributed by atoms with Crippen molar-refractivity contribution in [2.24, 2.45) is 5.73 Å². The Morgan fingerprint density at radius 1 is 1.09 bits per heavy atom. The molecule has 2 aromatic heterocycles. The van der Waals surface area contributed by atoms with Crippen molar-refractivity contribution in [3.63, 3.8) is 0 Å². The number of halogens is 1. The second-order valence-corrected chi connectivity index (χ2v) is 9.80. The summed E-state index contributed by atoms with van der Waals surface area (Å²) in [5.74, 6) is -0.285. The molecular weight excluding hydrogens is 445 g/mol. The Kier molecular flexibility index (Phi) is 6.30. The summed E-state index contributed by atoms with van der Waals surface area (Å²) in [5, 5.41) is 0. The first-order chi connectivity index (χ1) is 15.7. The number of primary amides is 1. The highest BCUT2D eigenvalue weighted by Crippen LogP contribution is 2.29. The number of nitrogens with zero attached hydrogens (tertiary/aromatic N) is 3. The van der Waals surface area contributed by atoms with Gasteiger partial charge in [0.15, 0.2) is 0 Å². The minimum Gasteiger partial charge on any atom is -0.365 e. The Bertz CT molecular complexity index is 1290. The normalized spacial score (nSPS) is 15.3. The topological polar surface area (TPSA) is 112 Å². The maximum Gasteiger partial charge on any atom is 0.252 e. The number of aromatic amines is 1. The van der Waals surface area contributed by atoms with Crippen molar-refractivity contribution >= 4 is 33.9 Å². The van der Waals surface area contributed by atoms with Crippen LogP contribution in [0.3, 0.4) is 0 Å². The summed E-state index contributed by atoms with van der Waals surface area (Å²) in [6.07, 6.45) is 6.51. The number of amides is 1. The number of nitrogens with two attached hydrogens (primary N) is 1. The highest BCUT2D eigenvalue weighted by Gasteiger charge is 2.27. The average molecular weight is 470 g/mol. The van der Waals surface area contributed by atoms with Gasteiger partial charge in [0.05, 0.1) is 17.5 Å². The van der Waals surface area contributed by atoms with Crippen LogP contribution < -0.4 is 10.6 Å². The van der Waals surface area contributed by atoms with Gasteiger partial charge in [-0.1, -0.05) is 18.2 Å². The van der Waals surface area contributed by atoms with E-state index in [1.165, 1.54) is 22.7 Å². The molecule has 1 saturated heterocycles. The first-order valence-corrected chi connectivity index (χ1v) is 12.2. The minimum atomic E-state index is -3.26. The zero-order valence-electron chi connectivity index (χ0n) is 18.0. The summed E-state index contributed by atoms with van der Waals surface area (Å²) in [6, 6.07) is 11.5. The highest BCUT2D eigenvalue weighted by atomic mass is 32.2. The van der Waals surface area contributed by atoms with E-state index >= 15 is 0 Å². The predicted molar refractivity (Wildman–Crippen MR) is 126 cm³/mol. The van der Waals surface area contributed by atoms with Crippen LogP contribution in [0, 0.1) is 5.82 Å². The van der Waals surface area contributed by atoms with Gasteiger partial charge in [-0.15, -0.1) is 0 Å². The molecule has 1 aliphatic rings. The van der Waals surface area contributed by atoms with E-state index in [1.807, 2.05) is 29.2 Å². The maximum atomic E-state index is 13.1. The molecule has 8 nitrogen and oxygen atoms in total. The second-order valence-electron chi connectivity index (χ2n) is 7.81. The summed E-state index contributed by atoms with van der Waals surface area (Å²) < 4.78 is 38.1. The van der Waals surface area contributed by atoms with Crippen LogP contribution in [-0.4, -0.2) is 61.0 Å². The van der Waals surface area contributed by atoms with Gasteiger partial charge in [0, 0.05) is 43.6 Å². The summed E-state index contributed by atoms with van der Waals surface area (Å²) in [7, 11) is -3.26. The molecule has 172 valence electrons. The third kappa shape index (κ3) is 5.29. The number of hydrogen-bond acceptors (Lipinski definition) is 5. The lowest BCUT2D eigenvalue weighted by Crippen LogP contribution is -2.48. The van der Waals surface area contributed by atoms with Crippen LogP contribution in [0.1, 0.15) is 21.6 Å². The van der Waals surface area contributed by atoms with E-state index in [0.717, 1.165) is 11.1 Å². The second kappa shape index (κ2) is 9.16. The number of sulfonamides is 1. The fourth-order valence-corrected chi connectivity index (χ4v) is 4.57. The molecule has 0 spiro atoms. The standard InChI is InChI=1S/C23H24FN5O3S/c1-33(31,32)29-12-10-28(11-13-29)23-20(22(25)30)15-21(27-23)17-8-9-26-19(14-17)7-4-16-2-5-18(24)6-3-16/h2-9,14-15,27H,10-13H2,1H3,(H2,25,30). The monoisotopic (exact) mass is 469 g/mol. The molecule has 0 unspecified atom stereocenters. The van der Waals surface area contributed by atoms with Crippen molar-refractivity contribution in [3.8, 4) is 11.3 Å². The average Bonchev–Trinajstić information content (AvgIpc) is 3.24. The molecule has 1 fully saturated rings. The number of rotatable bonds is 6. The summed E-state index contributed by atoms with van der Waals surface area (Å²) in [5.41, 5.74) is 9.01. The number of carbonyl (C=O) groups is 1. The van der Waals surface area contributed by atoms with E-state index in [4.69, 9.17) is 5.73 Å². The maximum absolute atomic E-state index is 13.1. The van der Waals surface area contributed by atoms with E-state index in [1.54, 1.807) is 24.4 Å². The zero-order chi connectivity index (χ0) is 23.6. The molecule has 3 aromatic rings. The lowest BCUT2D eigenvalue weighted by molar-refractivity contribution is 0.100. The lowest BCUT2D eigenvalue weighted by Gasteiger charge is -2.34. The number of H-pyrrole nitrogens is 1. The number of carbonyl (C=O) groups excluding carboxylic acids is 1. The smallest absolute Gasteiger partial charge is 0.252 e. The van der Waals surface area contributed by atoms with Gasteiger partial charge in [0.2, 0.25) is 10.0 Å². The fraction of sp³-hybridized carbons (Fsp3) is 0.217. The predicted octanol–water partition coefficient (Wildman–Crippen LogP) is 2.57. The van der Waals surface area contributed by atoms with Crippen LogP contribution in [0.5, 0.6) is 0 Å². The van der Waals surface area contributed by atoms with E-state index in [9.17, 15) is 17.6 Å². The van der Waals surface area contributed by atoms with Crippen LogP contribution in [0.2, 0.25) is 0 Å². The number of nitrogens with one attached hydrogen (secondary N) is 1. The SMILES string of the molecule is CS(=O)(=O)N1CCN(c2[nH]c(-c3ccnc(C=Cc4ccc(F)cc4)c3)cc2C(N)=O)CC1. The van der Waals surface area contributed by atoms with E-state index in [2.05, 4.69) is 9.97 Å². The third-order valence-electron chi connectivity index (χ3n) is 5.49. The zero-order valence-corrected chi connectivity index (χ0v) is 18.8. The number of anilines is 1. The number of aromatic nitrogens is 2. The molecular formula is C23H24FN5O3S. The fourth-order valence-electron chi connectivity index (χ4n) is 3.74. The summed E-state index contributed by atoms with van der Waals surface area (Å²) in [6.45, 7) is 1.54. The largest absolute Gasteiger partial charge is 0.365 e. The molecule has 10 heteroatoms. The van der Waals surface area contributed by atoms with Crippen LogP contribution >= 0.6 is 0 Å². The Hall–Kier alpha value is -3.50.